The van der Waals surface area contributed by atoms with E-state index >= 15 is 0 Å². The molecule has 0 heterocycles. The number of hydrogen-bond acceptors (Lipinski definition) is 5. The Bertz CT molecular complexity index is 1130. The first kappa shape index (κ1) is 60.6. The molecule has 3 atom stereocenters. The molecule has 0 spiro atoms. The number of hydrogen-bond donors (Lipinski definition) is 3. The number of carbonyl (C=O) groups excluding carboxylic acids is 2. The van der Waals surface area contributed by atoms with Gasteiger partial charge in [0.15, 0.2) is 0 Å². The van der Waals surface area contributed by atoms with Gasteiger partial charge in [0, 0.05) is 6.42 Å². The van der Waals surface area contributed by atoms with Crippen LogP contribution in [0.4, 0.5) is 0 Å². The van der Waals surface area contributed by atoms with Crippen LogP contribution >= 0.6 is 0 Å². The highest BCUT2D eigenvalue weighted by atomic mass is 16.5. The fraction of sp³-hybridized carbons (Fsp3) is 0.789. The lowest BCUT2D eigenvalue weighted by Gasteiger charge is -2.24. The molecule has 0 fully saturated rings. The zero-order chi connectivity index (χ0) is 45.9. The SMILES string of the molecule is CC/C=C/C/C=C/C/C=C/C/C=C/C/C=C/CCC(=O)OC(CCCCCCCCCCCCC)CC(=O)NC(CO)C(O)CCCCCCCCCCCCCCCCCCC. The second kappa shape index (κ2) is 50.6. The lowest BCUT2D eigenvalue weighted by atomic mass is 10.0. The molecule has 0 aromatic carbocycles. The number of aliphatic hydroxyl groups is 2. The van der Waals surface area contributed by atoms with Gasteiger partial charge in [-0.15, -0.1) is 0 Å². The monoisotopic (exact) mass is 882 g/mol. The van der Waals surface area contributed by atoms with E-state index in [9.17, 15) is 19.8 Å². The molecule has 0 aromatic rings. The predicted octanol–water partition coefficient (Wildman–Crippen LogP) is 16.4. The van der Waals surface area contributed by atoms with Crippen molar-refractivity contribution in [2.45, 2.75) is 283 Å². The van der Waals surface area contributed by atoms with E-state index in [0.717, 1.165) is 70.6 Å². The average Bonchev–Trinajstić information content (AvgIpc) is 3.28. The minimum atomic E-state index is -0.800. The van der Waals surface area contributed by atoms with Crippen LogP contribution < -0.4 is 5.32 Å². The Morgan fingerprint density at radius 2 is 0.825 bits per heavy atom. The first-order valence-corrected chi connectivity index (χ1v) is 27.0. The molecule has 0 aromatic heterocycles. The highest BCUT2D eigenvalue weighted by molar-refractivity contribution is 5.77. The Morgan fingerprint density at radius 1 is 0.476 bits per heavy atom. The standard InChI is InChI=1S/C57H103NO5/c1-4-7-10-13-16-19-22-24-26-28-29-31-34-37-40-43-46-49-55(60)54(52-59)58-56(61)51-53(48-45-42-39-36-33-21-18-15-12-9-6-3)63-57(62)50-47-44-41-38-35-32-30-27-25-23-20-17-14-11-8-5-2/h8,11,17,20,25,27,32,35,41,44,53-55,59-60H,4-7,9-10,12-16,18-19,21-24,26,28-31,33-34,36-40,42-43,45-52H2,1-3H3,(H,58,61)/b11-8+,20-17+,27-25+,35-32+,44-41+. The summed E-state index contributed by atoms with van der Waals surface area (Å²) in [6, 6.07) is -0.716. The summed E-state index contributed by atoms with van der Waals surface area (Å²) in [4.78, 5) is 26.1. The molecular weight excluding hydrogens is 779 g/mol. The number of esters is 1. The third-order valence-electron chi connectivity index (χ3n) is 12.1. The van der Waals surface area contributed by atoms with Crippen molar-refractivity contribution in [2.24, 2.45) is 0 Å². The number of unbranched alkanes of at least 4 members (excludes halogenated alkanes) is 26. The zero-order valence-electron chi connectivity index (χ0n) is 41.7. The van der Waals surface area contributed by atoms with Crippen LogP contribution in [0.1, 0.15) is 265 Å². The molecule has 0 saturated carbocycles. The van der Waals surface area contributed by atoms with Crippen molar-refractivity contribution in [3.63, 3.8) is 0 Å². The van der Waals surface area contributed by atoms with E-state index in [2.05, 4.69) is 80.8 Å². The number of amides is 1. The Kier molecular flexibility index (Phi) is 48.6. The molecule has 0 bridgehead atoms. The van der Waals surface area contributed by atoms with Gasteiger partial charge in [-0.1, -0.05) is 255 Å². The molecule has 3 N–H and O–H groups in total. The fourth-order valence-corrected chi connectivity index (χ4v) is 8.07. The molecule has 0 aliphatic carbocycles. The predicted molar refractivity (Wildman–Crippen MR) is 273 cm³/mol. The van der Waals surface area contributed by atoms with Crippen molar-refractivity contribution in [2.75, 3.05) is 6.61 Å². The molecule has 63 heavy (non-hydrogen) atoms. The van der Waals surface area contributed by atoms with Crippen molar-refractivity contribution < 1.29 is 24.5 Å². The number of ether oxygens (including phenoxy) is 1. The van der Waals surface area contributed by atoms with Gasteiger partial charge < -0.3 is 20.3 Å². The zero-order valence-corrected chi connectivity index (χ0v) is 41.7. The molecule has 0 aliphatic heterocycles. The Labute approximate surface area is 390 Å². The van der Waals surface area contributed by atoms with E-state index in [-0.39, 0.29) is 31.3 Å². The number of allylic oxidation sites excluding steroid dienone is 10. The number of nitrogens with one attached hydrogen (secondary N) is 1. The summed E-state index contributed by atoms with van der Waals surface area (Å²) in [5.74, 6) is -0.566. The van der Waals surface area contributed by atoms with E-state index in [1.165, 1.54) is 141 Å². The second-order valence-electron chi connectivity index (χ2n) is 18.3. The Morgan fingerprint density at radius 3 is 1.21 bits per heavy atom. The van der Waals surface area contributed by atoms with Crippen LogP contribution in [-0.4, -0.2) is 46.9 Å². The van der Waals surface area contributed by atoms with Crippen LogP contribution in [0.3, 0.4) is 0 Å². The summed E-state index contributed by atoms with van der Waals surface area (Å²) >= 11 is 0. The van der Waals surface area contributed by atoms with Crippen LogP contribution in [0.5, 0.6) is 0 Å². The van der Waals surface area contributed by atoms with Gasteiger partial charge in [-0.05, 0) is 57.8 Å². The molecule has 0 rings (SSSR count). The minimum Gasteiger partial charge on any atom is -0.462 e. The normalized spacial score (nSPS) is 13.7. The van der Waals surface area contributed by atoms with Crippen LogP contribution in [0, 0.1) is 0 Å². The summed E-state index contributed by atoms with van der Waals surface area (Å²) in [7, 11) is 0. The van der Waals surface area contributed by atoms with Crippen LogP contribution in [0.2, 0.25) is 0 Å². The first-order chi connectivity index (χ1) is 31.0. The maximum Gasteiger partial charge on any atom is 0.306 e. The van der Waals surface area contributed by atoms with Crippen molar-refractivity contribution in [3.8, 4) is 0 Å². The van der Waals surface area contributed by atoms with E-state index < -0.39 is 18.2 Å². The topological polar surface area (TPSA) is 95.9 Å². The molecule has 0 saturated heterocycles. The fourth-order valence-electron chi connectivity index (χ4n) is 8.07. The molecule has 3 unspecified atom stereocenters. The third kappa shape index (κ3) is 45.9. The highest BCUT2D eigenvalue weighted by Gasteiger charge is 2.24. The summed E-state index contributed by atoms with van der Waals surface area (Å²) in [5.41, 5.74) is 0. The molecule has 366 valence electrons. The second-order valence-corrected chi connectivity index (χ2v) is 18.3. The summed E-state index contributed by atoms with van der Waals surface area (Å²) < 4.78 is 5.89. The molecular formula is C57H103NO5. The van der Waals surface area contributed by atoms with Gasteiger partial charge in [0.1, 0.15) is 6.10 Å². The summed E-state index contributed by atoms with van der Waals surface area (Å²) in [6.45, 7) is 6.37. The van der Waals surface area contributed by atoms with Crippen molar-refractivity contribution in [3.05, 3.63) is 60.8 Å². The van der Waals surface area contributed by atoms with E-state index in [0.29, 0.717) is 19.3 Å². The van der Waals surface area contributed by atoms with Gasteiger partial charge in [-0.3, -0.25) is 9.59 Å². The van der Waals surface area contributed by atoms with Crippen molar-refractivity contribution in [1.82, 2.24) is 5.32 Å². The maximum absolute atomic E-state index is 13.2. The summed E-state index contributed by atoms with van der Waals surface area (Å²) in [6.07, 6.45) is 62.9. The first-order valence-electron chi connectivity index (χ1n) is 27.0. The van der Waals surface area contributed by atoms with Crippen LogP contribution in [0.15, 0.2) is 60.8 Å². The largest absolute Gasteiger partial charge is 0.462 e. The smallest absolute Gasteiger partial charge is 0.306 e. The van der Waals surface area contributed by atoms with Gasteiger partial charge >= 0.3 is 5.97 Å². The van der Waals surface area contributed by atoms with Crippen molar-refractivity contribution in [1.29, 1.82) is 0 Å². The van der Waals surface area contributed by atoms with Gasteiger partial charge in [-0.25, -0.2) is 0 Å². The Hall–Kier alpha value is -2.44. The minimum absolute atomic E-state index is 0.0491. The number of aliphatic hydroxyl groups excluding tert-OH is 2. The lowest BCUT2D eigenvalue weighted by Crippen LogP contribution is -2.46. The van der Waals surface area contributed by atoms with E-state index in [4.69, 9.17) is 4.74 Å². The van der Waals surface area contributed by atoms with Gasteiger partial charge in [0.25, 0.3) is 0 Å². The molecule has 0 aliphatic rings. The molecule has 0 radical (unpaired) electrons. The van der Waals surface area contributed by atoms with Gasteiger partial charge in [-0.2, -0.15) is 0 Å². The number of rotatable bonds is 48. The lowest BCUT2D eigenvalue weighted by molar-refractivity contribution is -0.150. The average molecular weight is 882 g/mol. The molecule has 1 amide bonds. The quantitative estimate of drug-likeness (QED) is 0.0321. The van der Waals surface area contributed by atoms with Gasteiger partial charge in [0.05, 0.1) is 25.2 Å². The van der Waals surface area contributed by atoms with Gasteiger partial charge in [0.2, 0.25) is 5.91 Å². The third-order valence-corrected chi connectivity index (χ3v) is 12.1. The molecule has 6 nitrogen and oxygen atoms in total. The van der Waals surface area contributed by atoms with Crippen LogP contribution in [0.25, 0.3) is 0 Å². The molecule has 6 heteroatoms. The Balaban J connectivity index is 4.57. The van der Waals surface area contributed by atoms with E-state index in [1.54, 1.807) is 0 Å². The number of carbonyl (C=O) groups is 2. The van der Waals surface area contributed by atoms with E-state index in [1.807, 2.05) is 6.08 Å². The maximum atomic E-state index is 13.2. The van der Waals surface area contributed by atoms with Crippen LogP contribution in [-0.2, 0) is 14.3 Å². The van der Waals surface area contributed by atoms with Crippen molar-refractivity contribution >= 4 is 11.9 Å². The highest BCUT2D eigenvalue weighted by Crippen LogP contribution is 2.18. The summed E-state index contributed by atoms with van der Waals surface area (Å²) in [5, 5.41) is 23.8.